The van der Waals surface area contributed by atoms with Crippen molar-refractivity contribution >= 4 is 17.5 Å². The van der Waals surface area contributed by atoms with Crippen molar-refractivity contribution in [1.82, 2.24) is 15.3 Å². The van der Waals surface area contributed by atoms with Gasteiger partial charge in [-0.1, -0.05) is 0 Å². The Hall–Kier alpha value is -1.85. The normalized spacial score (nSPS) is 20.1. The summed E-state index contributed by atoms with van der Waals surface area (Å²) in [5, 5.41) is 8.85. The summed E-state index contributed by atoms with van der Waals surface area (Å²) in [5.74, 6) is 1.44. The highest BCUT2D eigenvalue weighted by atomic mass is 16.2. The van der Waals surface area contributed by atoms with E-state index in [1.54, 1.807) is 13.1 Å². The first-order valence-corrected chi connectivity index (χ1v) is 5.33. The van der Waals surface area contributed by atoms with Gasteiger partial charge in [0.15, 0.2) is 0 Å². The smallest absolute Gasteiger partial charge is 0.242 e. The largest absolute Gasteiger partial charge is 0.373 e. The topological polar surface area (TPSA) is 78.9 Å². The third-order valence-electron chi connectivity index (χ3n) is 2.53. The zero-order valence-corrected chi connectivity index (χ0v) is 9.16. The Bertz CT molecular complexity index is 381. The van der Waals surface area contributed by atoms with Crippen molar-refractivity contribution in [2.24, 2.45) is 0 Å². The molecule has 1 aliphatic heterocycles. The predicted octanol–water partition coefficient (Wildman–Crippen LogP) is 0.209. The lowest BCUT2D eigenvalue weighted by atomic mass is 10.1. The molecule has 1 saturated heterocycles. The molecular weight excluding hydrogens is 206 g/mol. The van der Waals surface area contributed by atoms with Crippen molar-refractivity contribution < 1.29 is 4.79 Å². The summed E-state index contributed by atoms with van der Waals surface area (Å²) in [5.41, 5.74) is 0. The van der Waals surface area contributed by atoms with Crippen LogP contribution >= 0.6 is 0 Å². The Labute approximate surface area is 93.9 Å². The number of anilines is 2. The second-order valence-electron chi connectivity index (χ2n) is 3.67. The Morgan fingerprint density at radius 3 is 3.00 bits per heavy atom. The Balaban J connectivity index is 2.04. The summed E-state index contributed by atoms with van der Waals surface area (Å²) >= 11 is 0. The first-order valence-electron chi connectivity index (χ1n) is 5.33. The van der Waals surface area contributed by atoms with Crippen LogP contribution in [0.3, 0.4) is 0 Å². The van der Waals surface area contributed by atoms with Crippen molar-refractivity contribution in [1.29, 1.82) is 0 Å². The fourth-order valence-electron chi connectivity index (χ4n) is 1.66. The molecule has 1 aromatic rings. The van der Waals surface area contributed by atoms with Crippen molar-refractivity contribution in [3.8, 4) is 0 Å². The van der Waals surface area contributed by atoms with E-state index in [4.69, 9.17) is 0 Å². The highest BCUT2D eigenvalue weighted by Crippen LogP contribution is 2.12. The van der Waals surface area contributed by atoms with Crippen LogP contribution in [-0.4, -0.2) is 35.5 Å². The lowest BCUT2D eigenvalue weighted by Crippen LogP contribution is -2.44. The molecule has 1 amide bonds. The molecule has 1 aliphatic rings. The van der Waals surface area contributed by atoms with Crippen LogP contribution in [0.15, 0.2) is 12.4 Å². The van der Waals surface area contributed by atoms with Gasteiger partial charge in [-0.2, -0.15) is 0 Å². The first-order chi connectivity index (χ1) is 7.79. The molecule has 0 bridgehead atoms. The average molecular weight is 221 g/mol. The zero-order valence-electron chi connectivity index (χ0n) is 9.16. The van der Waals surface area contributed by atoms with Gasteiger partial charge in [0.2, 0.25) is 5.91 Å². The fraction of sp³-hybridized carbons (Fsp3) is 0.500. The summed E-state index contributed by atoms with van der Waals surface area (Å²) in [7, 11) is 1.79. The number of rotatable bonds is 3. The van der Waals surface area contributed by atoms with Crippen LogP contribution in [0.4, 0.5) is 11.6 Å². The minimum atomic E-state index is -0.187. The molecule has 16 heavy (non-hydrogen) atoms. The standard InChI is InChI=1S/C10H15N5O/c1-11-8-5-9(14-6-13-8)15-7-3-2-4-12-10(7)16/h5-7H,2-4H2,1H3,(H,12,16)(H2,11,13,14,15). The van der Waals surface area contributed by atoms with E-state index in [0.29, 0.717) is 5.82 Å². The number of nitrogens with one attached hydrogen (secondary N) is 3. The second kappa shape index (κ2) is 4.78. The SMILES string of the molecule is CNc1cc(NC2CCCNC2=O)ncn1. The number of carbonyl (C=O) groups is 1. The lowest BCUT2D eigenvalue weighted by molar-refractivity contribution is -0.123. The molecule has 0 radical (unpaired) electrons. The number of nitrogens with zero attached hydrogens (tertiary/aromatic N) is 2. The molecule has 2 rings (SSSR count). The van der Waals surface area contributed by atoms with Gasteiger partial charge in [0.1, 0.15) is 24.0 Å². The van der Waals surface area contributed by atoms with Crippen LogP contribution in [0.5, 0.6) is 0 Å². The maximum absolute atomic E-state index is 11.5. The molecule has 86 valence electrons. The molecule has 6 nitrogen and oxygen atoms in total. The highest BCUT2D eigenvalue weighted by molar-refractivity contribution is 5.85. The molecule has 1 atom stereocenters. The molecule has 0 aromatic carbocycles. The van der Waals surface area contributed by atoms with Crippen molar-refractivity contribution in [3.63, 3.8) is 0 Å². The van der Waals surface area contributed by atoms with E-state index in [9.17, 15) is 4.79 Å². The van der Waals surface area contributed by atoms with E-state index < -0.39 is 0 Å². The van der Waals surface area contributed by atoms with Crippen LogP contribution in [-0.2, 0) is 4.79 Å². The molecule has 2 heterocycles. The highest BCUT2D eigenvalue weighted by Gasteiger charge is 2.21. The van der Waals surface area contributed by atoms with Gasteiger partial charge in [0, 0.05) is 19.7 Å². The van der Waals surface area contributed by atoms with Crippen molar-refractivity contribution in [2.75, 3.05) is 24.2 Å². The van der Waals surface area contributed by atoms with Gasteiger partial charge in [0.05, 0.1) is 0 Å². The molecule has 0 saturated carbocycles. The zero-order chi connectivity index (χ0) is 11.4. The maximum atomic E-state index is 11.5. The molecule has 0 aliphatic carbocycles. The number of aromatic nitrogens is 2. The monoisotopic (exact) mass is 221 g/mol. The van der Waals surface area contributed by atoms with Gasteiger partial charge < -0.3 is 16.0 Å². The van der Waals surface area contributed by atoms with E-state index in [1.807, 2.05) is 0 Å². The molecule has 0 spiro atoms. The van der Waals surface area contributed by atoms with Crippen LogP contribution in [0.25, 0.3) is 0 Å². The molecule has 6 heteroatoms. The number of hydrogen-bond donors (Lipinski definition) is 3. The van der Waals surface area contributed by atoms with E-state index in [1.165, 1.54) is 6.33 Å². The van der Waals surface area contributed by atoms with Gasteiger partial charge in [-0.15, -0.1) is 0 Å². The van der Waals surface area contributed by atoms with Gasteiger partial charge in [-0.05, 0) is 12.8 Å². The summed E-state index contributed by atoms with van der Waals surface area (Å²) in [6.07, 6.45) is 3.30. The first kappa shape index (κ1) is 10.7. The number of carbonyl (C=O) groups excluding carboxylic acids is 1. The summed E-state index contributed by atoms with van der Waals surface area (Å²) in [6, 6.07) is 1.59. The van der Waals surface area contributed by atoms with Crippen LogP contribution in [0, 0.1) is 0 Å². The van der Waals surface area contributed by atoms with Crippen molar-refractivity contribution in [2.45, 2.75) is 18.9 Å². The summed E-state index contributed by atoms with van der Waals surface area (Å²) in [6.45, 7) is 0.766. The molecular formula is C10H15N5O. The molecule has 1 fully saturated rings. The van der Waals surface area contributed by atoms with Gasteiger partial charge in [0.25, 0.3) is 0 Å². The Morgan fingerprint density at radius 1 is 1.44 bits per heavy atom. The van der Waals surface area contributed by atoms with Gasteiger partial charge in [-0.3, -0.25) is 4.79 Å². The number of piperidine rings is 1. The van der Waals surface area contributed by atoms with E-state index in [0.717, 1.165) is 25.2 Å². The van der Waals surface area contributed by atoms with Gasteiger partial charge >= 0.3 is 0 Å². The quantitative estimate of drug-likeness (QED) is 0.680. The summed E-state index contributed by atoms with van der Waals surface area (Å²) in [4.78, 5) is 19.6. The van der Waals surface area contributed by atoms with E-state index >= 15 is 0 Å². The molecule has 3 N–H and O–H groups in total. The second-order valence-corrected chi connectivity index (χ2v) is 3.67. The maximum Gasteiger partial charge on any atom is 0.242 e. The van der Waals surface area contributed by atoms with Crippen molar-refractivity contribution in [3.05, 3.63) is 12.4 Å². The van der Waals surface area contributed by atoms with Crippen LogP contribution in [0.2, 0.25) is 0 Å². The lowest BCUT2D eigenvalue weighted by Gasteiger charge is -2.23. The third kappa shape index (κ3) is 2.39. The van der Waals surface area contributed by atoms with Crippen LogP contribution in [0.1, 0.15) is 12.8 Å². The average Bonchev–Trinajstić information content (AvgIpc) is 2.32. The predicted molar refractivity (Wildman–Crippen MR) is 61.2 cm³/mol. The number of amides is 1. The fourth-order valence-corrected chi connectivity index (χ4v) is 1.66. The Morgan fingerprint density at radius 2 is 2.25 bits per heavy atom. The number of hydrogen-bond acceptors (Lipinski definition) is 5. The van der Waals surface area contributed by atoms with E-state index in [-0.39, 0.29) is 11.9 Å². The van der Waals surface area contributed by atoms with Crippen LogP contribution < -0.4 is 16.0 Å². The molecule has 1 unspecified atom stereocenters. The minimum Gasteiger partial charge on any atom is -0.373 e. The Kier molecular flexibility index (Phi) is 3.19. The minimum absolute atomic E-state index is 0.0378. The van der Waals surface area contributed by atoms with E-state index in [2.05, 4.69) is 25.9 Å². The summed E-state index contributed by atoms with van der Waals surface area (Å²) < 4.78 is 0. The third-order valence-corrected chi connectivity index (χ3v) is 2.53. The molecule has 1 aromatic heterocycles. The van der Waals surface area contributed by atoms with Gasteiger partial charge in [-0.25, -0.2) is 9.97 Å².